The van der Waals surface area contributed by atoms with E-state index in [9.17, 15) is 23.2 Å². The van der Waals surface area contributed by atoms with Crippen LogP contribution in [0.25, 0.3) is 16.6 Å². The summed E-state index contributed by atoms with van der Waals surface area (Å²) in [5.74, 6) is 0.365. The van der Waals surface area contributed by atoms with E-state index in [1.807, 2.05) is 4.90 Å². The number of fused-ring (bicyclic) bond motifs is 2. The zero-order valence-electron chi connectivity index (χ0n) is 21.5. The minimum atomic E-state index is -4.92. The van der Waals surface area contributed by atoms with Crippen LogP contribution in [0.15, 0.2) is 53.6 Å². The highest BCUT2D eigenvalue weighted by atomic mass is 35.5. The zero-order valence-corrected chi connectivity index (χ0v) is 22.2. The number of nitriles is 1. The van der Waals surface area contributed by atoms with E-state index in [1.54, 1.807) is 18.2 Å². The lowest BCUT2D eigenvalue weighted by atomic mass is 9.84. The first-order chi connectivity index (χ1) is 19.7. The Morgan fingerprint density at radius 1 is 1.12 bits per heavy atom. The number of benzene rings is 2. The number of halogens is 4. The summed E-state index contributed by atoms with van der Waals surface area (Å²) in [5.41, 5.74) is 6.10. The molecule has 6 rings (SSSR count). The quantitative estimate of drug-likeness (QED) is 0.326. The molecule has 1 aliphatic heterocycles. The third-order valence-corrected chi connectivity index (χ3v) is 8.10. The van der Waals surface area contributed by atoms with Crippen molar-refractivity contribution in [2.45, 2.75) is 50.6 Å². The normalized spacial score (nSPS) is 20.6. The lowest BCUT2D eigenvalue weighted by Crippen LogP contribution is -2.39. The lowest BCUT2D eigenvalue weighted by molar-refractivity contribution is -0.274. The van der Waals surface area contributed by atoms with Gasteiger partial charge in [-0.1, -0.05) is 36.6 Å². The summed E-state index contributed by atoms with van der Waals surface area (Å²) in [7, 11) is 0. The average molecular weight is 582 g/mol. The van der Waals surface area contributed by atoms with Gasteiger partial charge in [0, 0.05) is 12.1 Å². The Labute approximate surface area is 237 Å². The third-order valence-electron chi connectivity index (χ3n) is 7.78. The number of aromatic nitrogens is 4. The molecular formula is C28H23ClF3N7O2. The maximum atomic E-state index is 14.1. The van der Waals surface area contributed by atoms with Gasteiger partial charge in [-0.15, -0.1) is 13.2 Å². The van der Waals surface area contributed by atoms with E-state index in [4.69, 9.17) is 22.3 Å². The van der Waals surface area contributed by atoms with Gasteiger partial charge in [0.05, 0.1) is 27.7 Å². The predicted octanol–water partition coefficient (Wildman–Crippen LogP) is 5.69. The van der Waals surface area contributed by atoms with Gasteiger partial charge in [-0.2, -0.15) is 5.26 Å². The van der Waals surface area contributed by atoms with Crippen molar-refractivity contribution in [3.05, 3.63) is 75.6 Å². The summed E-state index contributed by atoms with van der Waals surface area (Å²) < 4.78 is 44.7. The SMILES string of the molecule is N#Cc1c(N)ncnc1N1[C@H](c2nc3cccc(Cl)c3c(=O)n2-c2cccc(OC(F)(F)F)c2)C[C@@H]2CCCC[C@@H]21. The monoisotopic (exact) mass is 581 g/mol. The Morgan fingerprint density at radius 2 is 1.90 bits per heavy atom. The third kappa shape index (κ3) is 4.80. The number of alkyl halides is 3. The maximum absolute atomic E-state index is 14.1. The number of nitrogens with zero attached hydrogens (tertiary/aromatic N) is 6. The Morgan fingerprint density at radius 3 is 2.68 bits per heavy atom. The van der Waals surface area contributed by atoms with Crippen LogP contribution in [0.2, 0.25) is 5.02 Å². The first-order valence-corrected chi connectivity index (χ1v) is 13.4. The topological polar surface area (TPSA) is 123 Å². The van der Waals surface area contributed by atoms with Gasteiger partial charge in [-0.05, 0) is 49.4 Å². The molecule has 9 nitrogen and oxygen atoms in total. The number of hydrogen-bond acceptors (Lipinski definition) is 8. The minimum absolute atomic E-state index is 0.0181. The molecule has 210 valence electrons. The fourth-order valence-electron chi connectivity index (χ4n) is 6.19. The number of rotatable bonds is 4. The summed E-state index contributed by atoms with van der Waals surface area (Å²) in [6, 6.07) is 11.6. The number of nitrogen functional groups attached to an aromatic ring is 1. The van der Waals surface area contributed by atoms with E-state index in [-0.39, 0.29) is 45.3 Å². The zero-order chi connectivity index (χ0) is 28.9. The molecule has 2 N–H and O–H groups in total. The average Bonchev–Trinajstić information content (AvgIpc) is 3.31. The van der Waals surface area contributed by atoms with Crippen molar-refractivity contribution in [2.24, 2.45) is 5.92 Å². The highest BCUT2D eigenvalue weighted by Gasteiger charge is 2.46. The lowest BCUT2D eigenvalue weighted by Gasteiger charge is -2.35. The molecule has 41 heavy (non-hydrogen) atoms. The van der Waals surface area contributed by atoms with Crippen LogP contribution in [0.4, 0.5) is 24.8 Å². The van der Waals surface area contributed by atoms with Crippen LogP contribution in [0.1, 0.15) is 49.5 Å². The van der Waals surface area contributed by atoms with Crippen LogP contribution in [0.3, 0.4) is 0 Å². The Bertz CT molecular complexity index is 1750. The Balaban J connectivity index is 1.62. The second-order valence-corrected chi connectivity index (χ2v) is 10.5. The van der Waals surface area contributed by atoms with Gasteiger partial charge < -0.3 is 15.4 Å². The second-order valence-electron chi connectivity index (χ2n) is 10.1. The summed E-state index contributed by atoms with van der Waals surface area (Å²) >= 11 is 6.43. The van der Waals surface area contributed by atoms with Gasteiger partial charge in [-0.25, -0.2) is 15.0 Å². The first-order valence-electron chi connectivity index (χ1n) is 13.0. The summed E-state index contributed by atoms with van der Waals surface area (Å²) in [6.45, 7) is 0. The summed E-state index contributed by atoms with van der Waals surface area (Å²) in [4.78, 5) is 29.4. The number of nitrogens with two attached hydrogens (primary N) is 1. The number of anilines is 2. The molecule has 3 heterocycles. The standard InChI is InChI=1S/C28H23ClF3N7O2/c29-19-8-4-9-20-23(19)27(40)38(16-6-3-7-17(12-16)41-28(30,31)32)26(37-20)22-11-15-5-1-2-10-21(15)39(22)25-18(13-33)24(34)35-14-36-25/h3-4,6-9,12,14-15,21-22H,1-2,5,10-11H2,(H2,34,35,36)/t15-,21-,22-/m0/s1. The minimum Gasteiger partial charge on any atom is -0.406 e. The van der Waals surface area contributed by atoms with Crippen LogP contribution in [0, 0.1) is 17.2 Å². The van der Waals surface area contributed by atoms with Gasteiger partial charge in [0.15, 0.2) is 5.82 Å². The van der Waals surface area contributed by atoms with Crippen LogP contribution < -0.4 is 20.9 Å². The highest BCUT2D eigenvalue weighted by molar-refractivity contribution is 6.35. The molecule has 13 heteroatoms. The molecule has 3 atom stereocenters. The van der Waals surface area contributed by atoms with Crippen molar-refractivity contribution in [2.75, 3.05) is 10.6 Å². The molecule has 0 unspecified atom stereocenters. The van der Waals surface area contributed by atoms with Crippen molar-refractivity contribution < 1.29 is 17.9 Å². The van der Waals surface area contributed by atoms with Gasteiger partial charge in [-0.3, -0.25) is 9.36 Å². The largest absolute Gasteiger partial charge is 0.573 e. The molecule has 2 aliphatic rings. The van der Waals surface area contributed by atoms with Crippen LogP contribution in [-0.2, 0) is 0 Å². The molecule has 2 aromatic heterocycles. The second kappa shape index (κ2) is 10.2. The predicted molar refractivity (Wildman–Crippen MR) is 146 cm³/mol. The molecule has 4 aromatic rings. The van der Waals surface area contributed by atoms with Crippen LogP contribution in [0.5, 0.6) is 5.75 Å². The molecule has 0 bridgehead atoms. The summed E-state index contributed by atoms with van der Waals surface area (Å²) in [6.07, 6.45) is 0.706. The van der Waals surface area contributed by atoms with E-state index < -0.39 is 23.7 Å². The van der Waals surface area contributed by atoms with E-state index in [0.717, 1.165) is 37.8 Å². The molecule has 1 aliphatic carbocycles. The molecule has 0 amide bonds. The molecular weight excluding hydrogens is 559 g/mol. The van der Waals surface area contributed by atoms with Gasteiger partial charge in [0.2, 0.25) is 0 Å². The molecule has 2 fully saturated rings. The molecule has 0 spiro atoms. The van der Waals surface area contributed by atoms with Crippen molar-refractivity contribution in [3.63, 3.8) is 0 Å². The van der Waals surface area contributed by atoms with Crippen molar-refractivity contribution in [3.8, 4) is 17.5 Å². The fourth-order valence-corrected chi connectivity index (χ4v) is 6.44. The maximum Gasteiger partial charge on any atom is 0.573 e. The van der Waals surface area contributed by atoms with Crippen LogP contribution >= 0.6 is 11.6 Å². The van der Waals surface area contributed by atoms with Crippen molar-refractivity contribution in [1.29, 1.82) is 5.26 Å². The fraction of sp³-hybridized carbons (Fsp3) is 0.321. The Kier molecular flexibility index (Phi) is 6.69. The van der Waals surface area contributed by atoms with Crippen LogP contribution in [-0.4, -0.2) is 31.9 Å². The van der Waals surface area contributed by atoms with Gasteiger partial charge in [0.1, 0.15) is 35.4 Å². The van der Waals surface area contributed by atoms with Gasteiger partial charge in [0.25, 0.3) is 5.56 Å². The van der Waals surface area contributed by atoms with E-state index in [1.165, 1.54) is 23.0 Å². The van der Waals surface area contributed by atoms with E-state index >= 15 is 0 Å². The Hall–Kier alpha value is -4.37. The van der Waals surface area contributed by atoms with Gasteiger partial charge >= 0.3 is 6.36 Å². The van der Waals surface area contributed by atoms with Crippen molar-refractivity contribution >= 4 is 34.1 Å². The molecule has 2 aromatic carbocycles. The molecule has 1 saturated heterocycles. The highest BCUT2D eigenvalue weighted by Crippen LogP contribution is 2.49. The summed E-state index contributed by atoms with van der Waals surface area (Å²) in [5, 5.41) is 10.2. The number of ether oxygens (including phenoxy) is 1. The van der Waals surface area contributed by atoms with E-state index in [0.29, 0.717) is 17.8 Å². The number of hydrogen-bond donors (Lipinski definition) is 1. The smallest absolute Gasteiger partial charge is 0.406 e. The van der Waals surface area contributed by atoms with Crippen molar-refractivity contribution in [1.82, 2.24) is 19.5 Å². The van der Waals surface area contributed by atoms with E-state index in [2.05, 4.69) is 20.8 Å². The molecule has 1 saturated carbocycles. The first kappa shape index (κ1) is 26.8. The molecule has 0 radical (unpaired) electrons.